The van der Waals surface area contributed by atoms with E-state index < -0.39 is 0 Å². The van der Waals surface area contributed by atoms with Crippen LogP contribution in [0, 0.1) is 5.92 Å². The monoisotopic (exact) mass is 236 g/mol. The maximum atomic E-state index is 5.85. The number of rotatable bonds is 6. The van der Waals surface area contributed by atoms with E-state index in [1.54, 1.807) is 6.20 Å². The second-order valence-electron chi connectivity index (χ2n) is 4.37. The Kier molecular flexibility index (Phi) is 4.20. The molecule has 0 spiro atoms. The van der Waals surface area contributed by atoms with Gasteiger partial charge in [0, 0.05) is 6.20 Å². The maximum absolute atomic E-state index is 5.85. The summed E-state index contributed by atoms with van der Waals surface area (Å²) < 4.78 is 11.3. The second-order valence-corrected chi connectivity index (χ2v) is 4.37. The summed E-state index contributed by atoms with van der Waals surface area (Å²) in [6.45, 7) is 3.67. The third-order valence-electron chi connectivity index (χ3n) is 3.00. The fraction of sp³-hybridized carbons (Fsp3) is 0.615. The van der Waals surface area contributed by atoms with Crippen molar-refractivity contribution in [2.24, 2.45) is 5.92 Å². The maximum Gasteiger partial charge on any atom is 0.257 e. The van der Waals surface area contributed by atoms with Gasteiger partial charge in [-0.05, 0) is 51.4 Å². The van der Waals surface area contributed by atoms with Crippen LogP contribution in [-0.4, -0.2) is 31.3 Å². The van der Waals surface area contributed by atoms with Gasteiger partial charge in [0.25, 0.3) is 5.88 Å². The first-order chi connectivity index (χ1) is 8.33. The van der Waals surface area contributed by atoms with Crippen LogP contribution in [0.25, 0.3) is 0 Å². The van der Waals surface area contributed by atoms with Crippen LogP contribution in [0.3, 0.4) is 0 Å². The molecule has 4 nitrogen and oxygen atoms in total. The van der Waals surface area contributed by atoms with Gasteiger partial charge in [0.15, 0.2) is 5.75 Å². The minimum Gasteiger partial charge on any atom is -0.488 e. The van der Waals surface area contributed by atoms with Crippen molar-refractivity contribution in [3.05, 3.63) is 18.3 Å². The molecule has 0 atom stereocenters. The molecule has 94 valence electrons. The van der Waals surface area contributed by atoms with E-state index in [1.807, 2.05) is 26.1 Å². The quantitative estimate of drug-likeness (QED) is 0.818. The molecule has 1 saturated carbocycles. The normalized spacial score (nSPS) is 22.9. The smallest absolute Gasteiger partial charge is 0.257 e. The molecule has 1 aromatic rings. The summed E-state index contributed by atoms with van der Waals surface area (Å²) in [6, 6.07) is 3.76. The summed E-state index contributed by atoms with van der Waals surface area (Å²) in [4.78, 5) is 4.23. The Hall–Kier alpha value is -1.29. The molecule has 1 aromatic heterocycles. The number of nitrogens with zero attached hydrogens (tertiary/aromatic N) is 1. The lowest BCUT2D eigenvalue weighted by Gasteiger charge is -2.35. The van der Waals surface area contributed by atoms with Gasteiger partial charge in [0.2, 0.25) is 0 Å². The van der Waals surface area contributed by atoms with Crippen molar-refractivity contribution < 1.29 is 9.47 Å². The molecule has 1 fully saturated rings. The van der Waals surface area contributed by atoms with E-state index in [1.165, 1.54) is 0 Å². The molecule has 1 aliphatic carbocycles. The average Bonchev–Trinajstić information content (AvgIpc) is 2.29. The predicted octanol–water partition coefficient (Wildman–Crippen LogP) is 1.86. The van der Waals surface area contributed by atoms with Crippen molar-refractivity contribution in [1.29, 1.82) is 0 Å². The predicted molar refractivity (Wildman–Crippen MR) is 66.5 cm³/mol. The minimum absolute atomic E-state index is 0.294. The summed E-state index contributed by atoms with van der Waals surface area (Å²) in [7, 11) is 1.99. The lowest BCUT2D eigenvalue weighted by atomic mass is 9.82. The van der Waals surface area contributed by atoms with Crippen LogP contribution in [0.4, 0.5) is 0 Å². The molecule has 2 rings (SSSR count). The summed E-state index contributed by atoms with van der Waals surface area (Å²) in [5.74, 6) is 2.11. The lowest BCUT2D eigenvalue weighted by Crippen LogP contribution is -2.38. The van der Waals surface area contributed by atoms with Gasteiger partial charge in [0.1, 0.15) is 6.10 Å². The highest BCUT2D eigenvalue weighted by Gasteiger charge is 2.31. The van der Waals surface area contributed by atoms with Crippen molar-refractivity contribution in [3.63, 3.8) is 0 Å². The second kappa shape index (κ2) is 5.87. The lowest BCUT2D eigenvalue weighted by molar-refractivity contribution is 0.0583. The van der Waals surface area contributed by atoms with Gasteiger partial charge < -0.3 is 14.8 Å². The van der Waals surface area contributed by atoms with Gasteiger partial charge in [-0.3, -0.25) is 0 Å². The molecule has 1 N–H and O–H groups in total. The minimum atomic E-state index is 0.294. The first kappa shape index (κ1) is 12.2. The first-order valence-electron chi connectivity index (χ1n) is 6.22. The van der Waals surface area contributed by atoms with Crippen LogP contribution in [0.2, 0.25) is 0 Å². The molecule has 0 bridgehead atoms. The Morgan fingerprint density at radius 2 is 2.29 bits per heavy atom. The molecular formula is C13H20N2O2. The van der Waals surface area contributed by atoms with Gasteiger partial charge in [-0.25, -0.2) is 4.98 Å². The van der Waals surface area contributed by atoms with E-state index in [0.29, 0.717) is 18.6 Å². The summed E-state index contributed by atoms with van der Waals surface area (Å²) >= 11 is 0. The van der Waals surface area contributed by atoms with Crippen LogP contribution >= 0.6 is 0 Å². The summed E-state index contributed by atoms with van der Waals surface area (Å²) in [5.41, 5.74) is 0. The highest BCUT2D eigenvalue weighted by molar-refractivity contribution is 5.32. The zero-order valence-corrected chi connectivity index (χ0v) is 10.5. The summed E-state index contributed by atoms with van der Waals surface area (Å²) in [5, 5.41) is 3.19. The number of ether oxygens (including phenoxy) is 2. The molecule has 0 aliphatic heterocycles. The van der Waals surface area contributed by atoms with E-state index in [0.717, 1.165) is 31.1 Å². The fourth-order valence-electron chi connectivity index (χ4n) is 2.11. The highest BCUT2D eigenvalue weighted by Crippen LogP contribution is 2.33. The molecule has 4 heteroatoms. The fourth-order valence-corrected chi connectivity index (χ4v) is 2.11. The van der Waals surface area contributed by atoms with Gasteiger partial charge in [0.05, 0.1) is 6.61 Å². The Morgan fingerprint density at radius 1 is 1.47 bits per heavy atom. The molecule has 0 amide bonds. The molecule has 0 saturated heterocycles. The van der Waals surface area contributed by atoms with Crippen molar-refractivity contribution >= 4 is 0 Å². The van der Waals surface area contributed by atoms with Crippen molar-refractivity contribution in [3.8, 4) is 11.6 Å². The van der Waals surface area contributed by atoms with Gasteiger partial charge in [-0.1, -0.05) is 0 Å². The molecule has 1 aliphatic rings. The van der Waals surface area contributed by atoms with Gasteiger partial charge in [-0.15, -0.1) is 0 Å². The Labute approximate surface area is 102 Å². The molecule has 0 radical (unpaired) electrons. The van der Waals surface area contributed by atoms with Crippen molar-refractivity contribution in [2.45, 2.75) is 25.9 Å². The zero-order chi connectivity index (χ0) is 12.1. The largest absolute Gasteiger partial charge is 0.488 e. The van der Waals surface area contributed by atoms with E-state index in [4.69, 9.17) is 9.47 Å². The number of hydrogen-bond acceptors (Lipinski definition) is 4. The summed E-state index contributed by atoms with van der Waals surface area (Å²) in [6.07, 6.45) is 4.23. The van der Waals surface area contributed by atoms with Gasteiger partial charge in [-0.2, -0.15) is 0 Å². The van der Waals surface area contributed by atoms with E-state index in [2.05, 4.69) is 10.3 Å². The van der Waals surface area contributed by atoms with Crippen LogP contribution in [0.1, 0.15) is 19.8 Å². The molecule has 0 aromatic carbocycles. The van der Waals surface area contributed by atoms with Crippen molar-refractivity contribution in [1.82, 2.24) is 10.3 Å². The Bertz CT molecular complexity index is 351. The number of hydrogen-bond donors (Lipinski definition) is 1. The third kappa shape index (κ3) is 3.09. The van der Waals surface area contributed by atoms with Crippen LogP contribution < -0.4 is 14.8 Å². The zero-order valence-electron chi connectivity index (χ0n) is 10.5. The first-order valence-corrected chi connectivity index (χ1v) is 6.22. The molecular weight excluding hydrogens is 216 g/mol. The molecule has 0 unspecified atom stereocenters. The number of aromatic nitrogens is 1. The molecule has 1 heterocycles. The van der Waals surface area contributed by atoms with E-state index >= 15 is 0 Å². The van der Waals surface area contributed by atoms with Crippen LogP contribution in [0.15, 0.2) is 18.3 Å². The van der Waals surface area contributed by atoms with Gasteiger partial charge >= 0.3 is 0 Å². The Balaban J connectivity index is 1.87. The van der Waals surface area contributed by atoms with Crippen molar-refractivity contribution in [2.75, 3.05) is 20.2 Å². The highest BCUT2D eigenvalue weighted by atomic mass is 16.5. The SMILES string of the molecule is CCOc1cccnc1OC1CC(CNC)C1. The Morgan fingerprint density at radius 3 is 3.00 bits per heavy atom. The van der Waals surface area contributed by atoms with E-state index in [-0.39, 0.29) is 0 Å². The third-order valence-corrected chi connectivity index (χ3v) is 3.00. The standard InChI is InChI=1S/C13H20N2O2/c1-3-16-12-5-4-6-15-13(12)17-11-7-10(8-11)9-14-2/h4-6,10-11,14H,3,7-9H2,1-2H3. The topological polar surface area (TPSA) is 43.4 Å². The molecule has 17 heavy (non-hydrogen) atoms. The average molecular weight is 236 g/mol. The number of pyridine rings is 1. The van der Waals surface area contributed by atoms with Crippen LogP contribution in [-0.2, 0) is 0 Å². The number of nitrogens with one attached hydrogen (secondary N) is 1. The van der Waals surface area contributed by atoms with Crippen LogP contribution in [0.5, 0.6) is 11.6 Å². The van der Waals surface area contributed by atoms with E-state index in [9.17, 15) is 0 Å².